The summed E-state index contributed by atoms with van der Waals surface area (Å²) in [6.07, 6.45) is 5.06. The van der Waals surface area contributed by atoms with Crippen molar-refractivity contribution in [2.45, 2.75) is 44.7 Å². The molecule has 0 aromatic rings. The van der Waals surface area contributed by atoms with Gasteiger partial charge in [0.2, 0.25) is 0 Å². The molecule has 2 aliphatic rings. The SMILES string of the molecule is CC1(C)O[C@@H]2CC#C/C=C\C#CC[C@H]2O1. The zero-order chi connectivity index (χ0) is 10.7. The molecule has 2 rings (SSSR count). The maximum atomic E-state index is 5.77. The van der Waals surface area contributed by atoms with Crippen molar-refractivity contribution < 1.29 is 9.47 Å². The second-order valence-corrected chi connectivity index (χ2v) is 4.10. The van der Waals surface area contributed by atoms with Crippen LogP contribution in [0, 0.1) is 23.7 Å². The predicted molar refractivity (Wildman–Crippen MR) is 57.8 cm³/mol. The third-order valence-corrected chi connectivity index (χ3v) is 2.35. The van der Waals surface area contributed by atoms with Gasteiger partial charge in [-0.15, -0.1) is 0 Å². The van der Waals surface area contributed by atoms with E-state index < -0.39 is 5.79 Å². The Morgan fingerprint density at radius 1 is 1.00 bits per heavy atom. The van der Waals surface area contributed by atoms with Crippen molar-refractivity contribution in [3.8, 4) is 23.7 Å². The first-order chi connectivity index (χ1) is 7.17. The van der Waals surface area contributed by atoms with Crippen LogP contribution in [0.25, 0.3) is 0 Å². The summed E-state index contributed by atoms with van der Waals surface area (Å²) in [5, 5.41) is 0. The lowest BCUT2D eigenvalue weighted by molar-refractivity contribution is -0.145. The highest BCUT2D eigenvalue weighted by Gasteiger charge is 2.40. The van der Waals surface area contributed by atoms with Gasteiger partial charge in [0.05, 0.1) is 12.2 Å². The molecule has 2 atom stereocenters. The molecule has 0 aromatic carbocycles. The summed E-state index contributed by atoms with van der Waals surface area (Å²) < 4.78 is 11.5. The Hall–Kier alpha value is -1.22. The van der Waals surface area contributed by atoms with E-state index in [1.165, 1.54) is 0 Å². The fourth-order valence-corrected chi connectivity index (χ4v) is 1.78. The number of hydrogen-bond acceptors (Lipinski definition) is 2. The number of rotatable bonds is 0. The van der Waals surface area contributed by atoms with E-state index in [1.54, 1.807) is 12.2 Å². The Bertz CT molecular complexity index is 348. The number of hydrogen-bond donors (Lipinski definition) is 0. The zero-order valence-electron chi connectivity index (χ0n) is 9.04. The summed E-state index contributed by atoms with van der Waals surface area (Å²) in [6.45, 7) is 3.86. The van der Waals surface area contributed by atoms with Crippen LogP contribution < -0.4 is 0 Å². The van der Waals surface area contributed by atoms with Crippen molar-refractivity contribution >= 4 is 0 Å². The normalized spacial score (nSPS) is 34.0. The Balaban J connectivity index is 2.15. The highest BCUT2D eigenvalue weighted by Crippen LogP contribution is 2.31. The van der Waals surface area contributed by atoms with E-state index in [1.807, 2.05) is 13.8 Å². The van der Waals surface area contributed by atoms with Gasteiger partial charge in [0.25, 0.3) is 0 Å². The Morgan fingerprint density at radius 2 is 1.47 bits per heavy atom. The minimum absolute atomic E-state index is 0.0494. The predicted octanol–water partition coefficient (Wildman–Crippen LogP) is 1.86. The first-order valence-corrected chi connectivity index (χ1v) is 5.15. The van der Waals surface area contributed by atoms with Crippen LogP contribution >= 0.6 is 0 Å². The molecule has 2 heteroatoms. The van der Waals surface area contributed by atoms with Crippen LogP contribution in [0.2, 0.25) is 0 Å². The van der Waals surface area contributed by atoms with Gasteiger partial charge in [-0.25, -0.2) is 0 Å². The molecule has 15 heavy (non-hydrogen) atoms. The molecule has 2 nitrogen and oxygen atoms in total. The molecule has 0 saturated carbocycles. The smallest absolute Gasteiger partial charge is 0.163 e. The molecular weight excluding hydrogens is 188 g/mol. The van der Waals surface area contributed by atoms with Crippen LogP contribution in [0.4, 0.5) is 0 Å². The van der Waals surface area contributed by atoms with Crippen LogP contribution in [-0.4, -0.2) is 18.0 Å². The van der Waals surface area contributed by atoms with Gasteiger partial charge in [-0.05, 0) is 26.0 Å². The molecule has 78 valence electrons. The third-order valence-electron chi connectivity index (χ3n) is 2.35. The van der Waals surface area contributed by atoms with Gasteiger partial charge in [0.1, 0.15) is 0 Å². The summed E-state index contributed by atoms with van der Waals surface area (Å²) >= 11 is 0. The maximum absolute atomic E-state index is 5.77. The molecule has 0 unspecified atom stereocenters. The topological polar surface area (TPSA) is 18.5 Å². The van der Waals surface area contributed by atoms with Crippen molar-refractivity contribution in [1.29, 1.82) is 0 Å². The minimum atomic E-state index is -0.500. The highest BCUT2D eigenvalue weighted by molar-refractivity contribution is 5.26. The molecule has 0 aromatic heterocycles. The van der Waals surface area contributed by atoms with E-state index >= 15 is 0 Å². The van der Waals surface area contributed by atoms with Gasteiger partial charge in [-0.2, -0.15) is 0 Å². The van der Waals surface area contributed by atoms with Crippen molar-refractivity contribution in [3.05, 3.63) is 12.2 Å². The lowest BCUT2D eigenvalue weighted by Gasteiger charge is -2.16. The van der Waals surface area contributed by atoms with E-state index in [2.05, 4.69) is 23.7 Å². The van der Waals surface area contributed by atoms with Crippen molar-refractivity contribution in [2.75, 3.05) is 0 Å². The number of fused-ring (bicyclic) bond motifs is 1. The molecule has 1 heterocycles. The van der Waals surface area contributed by atoms with E-state index in [-0.39, 0.29) is 12.2 Å². The van der Waals surface area contributed by atoms with Crippen molar-refractivity contribution in [2.24, 2.45) is 0 Å². The molecule has 0 radical (unpaired) electrons. The minimum Gasteiger partial charge on any atom is -0.344 e. The Kier molecular flexibility index (Phi) is 2.82. The second kappa shape index (κ2) is 4.11. The average Bonchev–Trinajstić information content (AvgIpc) is 2.46. The lowest BCUT2D eigenvalue weighted by Crippen LogP contribution is -2.21. The van der Waals surface area contributed by atoms with Gasteiger partial charge >= 0.3 is 0 Å². The van der Waals surface area contributed by atoms with E-state index in [0.29, 0.717) is 12.8 Å². The first kappa shape index (κ1) is 10.3. The largest absolute Gasteiger partial charge is 0.344 e. The number of allylic oxidation sites excluding steroid dienone is 2. The lowest BCUT2D eigenvalue weighted by atomic mass is 10.1. The van der Waals surface area contributed by atoms with Crippen molar-refractivity contribution in [3.63, 3.8) is 0 Å². The summed E-state index contributed by atoms with van der Waals surface area (Å²) in [6, 6.07) is 0. The fraction of sp³-hybridized carbons (Fsp3) is 0.538. The van der Waals surface area contributed by atoms with Gasteiger partial charge in [0, 0.05) is 12.8 Å². The highest BCUT2D eigenvalue weighted by atomic mass is 16.7. The van der Waals surface area contributed by atoms with Crippen LogP contribution in [0.5, 0.6) is 0 Å². The first-order valence-electron chi connectivity index (χ1n) is 5.15. The zero-order valence-corrected chi connectivity index (χ0v) is 9.04. The molecule has 1 aliphatic carbocycles. The van der Waals surface area contributed by atoms with E-state index in [0.717, 1.165) is 0 Å². The standard InChI is InChI=1S/C13H14O2/c1-13(2)14-11-9-7-5-3-4-6-8-10-12(11)15-13/h3-4,11-12H,9-10H2,1-2H3/b4-3-/t11-,12-/m1/s1. The van der Waals surface area contributed by atoms with Gasteiger partial charge < -0.3 is 9.47 Å². The molecule has 0 bridgehead atoms. The summed E-state index contributed by atoms with van der Waals surface area (Å²) in [7, 11) is 0. The van der Waals surface area contributed by atoms with Crippen molar-refractivity contribution in [1.82, 2.24) is 0 Å². The Labute approximate surface area is 90.6 Å². The summed E-state index contributed by atoms with van der Waals surface area (Å²) in [4.78, 5) is 0. The molecule has 1 saturated heterocycles. The quantitative estimate of drug-likeness (QED) is 0.558. The molecule has 0 N–H and O–H groups in total. The summed E-state index contributed by atoms with van der Waals surface area (Å²) in [5.41, 5.74) is 0. The van der Waals surface area contributed by atoms with Crippen LogP contribution in [0.15, 0.2) is 12.2 Å². The molecule has 1 aliphatic heterocycles. The summed E-state index contributed by atoms with van der Waals surface area (Å²) in [5.74, 6) is 11.5. The van der Waals surface area contributed by atoms with Crippen LogP contribution in [0.1, 0.15) is 26.7 Å². The third kappa shape index (κ3) is 2.63. The monoisotopic (exact) mass is 202 g/mol. The fourth-order valence-electron chi connectivity index (χ4n) is 1.78. The molecule has 1 fully saturated rings. The van der Waals surface area contributed by atoms with E-state index in [4.69, 9.17) is 9.47 Å². The molecule has 0 amide bonds. The Morgan fingerprint density at radius 3 is 1.93 bits per heavy atom. The average molecular weight is 202 g/mol. The maximum Gasteiger partial charge on any atom is 0.163 e. The van der Waals surface area contributed by atoms with Crippen LogP contribution in [-0.2, 0) is 9.47 Å². The number of ether oxygens (including phenoxy) is 2. The molecular formula is C13H14O2. The second-order valence-electron chi connectivity index (χ2n) is 4.10. The van der Waals surface area contributed by atoms with Crippen LogP contribution in [0.3, 0.4) is 0 Å². The van der Waals surface area contributed by atoms with Gasteiger partial charge in [0.15, 0.2) is 5.79 Å². The van der Waals surface area contributed by atoms with E-state index in [9.17, 15) is 0 Å². The van der Waals surface area contributed by atoms with Gasteiger partial charge in [-0.1, -0.05) is 23.7 Å². The van der Waals surface area contributed by atoms with Gasteiger partial charge in [-0.3, -0.25) is 0 Å². The molecule has 0 spiro atoms.